The number of carbonyl (C=O) groups is 6. The van der Waals surface area contributed by atoms with Crippen molar-refractivity contribution in [3.63, 3.8) is 0 Å². The molecule has 9 atom stereocenters. The fourth-order valence-corrected chi connectivity index (χ4v) is 9.71. The zero-order valence-electron chi connectivity index (χ0n) is 41.1. The zero-order chi connectivity index (χ0) is 48.4. The molecule has 2 amide bonds. The Morgan fingerprint density at radius 1 is 0.800 bits per heavy atom. The SMILES string of the molecule is CC[C@H](C)[C@@H]([C@@H](CC(=O)N1CCC[C@H]1[C@H](OC)[C@@H](C)C(=O)C[C@@H](Cc1ccccc1)C(=O)OCc1ccccc1)OC)N(C)C(=O)[C@@H](CC(=O)[C@H](C(C)C)N(C)CCCC(=O)O)C(C)C. The Kier molecular flexibility index (Phi) is 23.0. The van der Waals surface area contributed by atoms with Gasteiger partial charge in [0.1, 0.15) is 12.4 Å². The van der Waals surface area contributed by atoms with Crippen LogP contribution in [0.4, 0.5) is 0 Å². The van der Waals surface area contributed by atoms with E-state index in [-0.39, 0.29) is 73.4 Å². The molecule has 1 saturated heterocycles. The first-order valence-corrected chi connectivity index (χ1v) is 23.7. The van der Waals surface area contributed by atoms with Crippen molar-refractivity contribution >= 4 is 35.3 Å². The van der Waals surface area contributed by atoms with E-state index in [0.717, 1.165) is 17.5 Å². The molecule has 0 spiro atoms. The van der Waals surface area contributed by atoms with Crippen LogP contribution in [0, 0.1) is 35.5 Å². The van der Waals surface area contributed by atoms with Crippen molar-refractivity contribution in [1.29, 1.82) is 0 Å². The summed E-state index contributed by atoms with van der Waals surface area (Å²) in [5.74, 6) is -4.13. The number of nitrogens with zero attached hydrogens (tertiary/aromatic N) is 3. The molecule has 2 aromatic carbocycles. The highest BCUT2D eigenvalue weighted by molar-refractivity contribution is 5.90. The summed E-state index contributed by atoms with van der Waals surface area (Å²) in [7, 11) is 6.68. The standard InChI is InChI=1S/C52H79N3O10/c1-12-36(6)49(54(9)51(61)41(34(2)3)31-44(57)48(35(4)5)53(8)27-20-26-47(59)60)45(63-10)32-46(58)55-28-19-25-42(55)50(64-11)37(7)43(56)30-40(29-38-21-15-13-16-22-38)52(62)65-33-39-23-17-14-18-24-39/h13-18,21-24,34-37,40-42,45,48-50H,12,19-20,25-33H2,1-11H3,(H,59,60)/t36-,37-,40+,41-,42-,45+,48-,49-,50+/m0/s1. The minimum Gasteiger partial charge on any atom is -0.481 e. The second-order valence-electron chi connectivity index (χ2n) is 18.9. The average Bonchev–Trinajstić information content (AvgIpc) is 3.76. The second-order valence-corrected chi connectivity index (χ2v) is 18.9. The molecule has 0 bridgehead atoms. The highest BCUT2D eigenvalue weighted by Gasteiger charge is 2.43. The lowest BCUT2D eigenvalue weighted by Crippen LogP contribution is -2.54. The minimum absolute atomic E-state index is 0.00731. The number of hydrogen-bond acceptors (Lipinski definition) is 10. The van der Waals surface area contributed by atoms with E-state index in [1.807, 2.05) is 114 Å². The molecule has 1 fully saturated rings. The molecule has 0 saturated carbocycles. The third-order valence-electron chi connectivity index (χ3n) is 13.6. The van der Waals surface area contributed by atoms with Crippen molar-refractivity contribution in [3.8, 4) is 0 Å². The van der Waals surface area contributed by atoms with Crippen LogP contribution < -0.4 is 0 Å². The normalized spacial score (nSPS) is 17.8. The molecular weight excluding hydrogens is 827 g/mol. The van der Waals surface area contributed by atoms with Gasteiger partial charge in [0.25, 0.3) is 0 Å². The lowest BCUT2D eigenvalue weighted by atomic mass is 9.83. The molecule has 1 heterocycles. The molecule has 2 aromatic rings. The van der Waals surface area contributed by atoms with Gasteiger partial charge in [0, 0.05) is 58.9 Å². The number of carbonyl (C=O) groups excluding carboxylic acids is 5. The van der Waals surface area contributed by atoms with Crippen LogP contribution in [-0.2, 0) is 56.0 Å². The number of rotatable bonds is 29. The third kappa shape index (κ3) is 16.1. The summed E-state index contributed by atoms with van der Waals surface area (Å²) in [5.41, 5.74) is 1.77. The monoisotopic (exact) mass is 906 g/mol. The summed E-state index contributed by atoms with van der Waals surface area (Å²) in [6, 6.07) is 17.6. The number of carboxylic acids is 1. The first-order chi connectivity index (χ1) is 30.9. The van der Waals surface area contributed by atoms with Crippen LogP contribution in [0.15, 0.2) is 60.7 Å². The lowest BCUT2D eigenvalue weighted by Gasteiger charge is -2.41. The smallest absolute Gasteiger partial charge is 0.310 e. The van der Waals surface area contributed by atoms with Crippen molar-refractivity contribution < 1.29 is 48.1 Å². The average molecular weight is 906 g/mol. The summed E-state index contributed by atoms with van der Waals surface area (Å²) in [6.45, 7) is 14.7. The Bertz CT molecular complexity index is 1810. The van der Waals surface area contributed by atoms with E-state index >= 15 is 0 Å². The van der Waals surface area contributed by atoms with Gasteiger partial charge in [0.2, 0.25) is 11.8 Å². The highest BCUT2D eigenvalue weighted by Crippen LogP contribution is 2.32. The van der Waals surface area contributed by atoms with Crippen molar-refractivity contribution in [2.24, 2.45) is 35.5 Å². The number of likely N-dealkylation sites (tertiary alicyclic amines) is 1. The van der Waals surface area contributed by atoms with Crippen LogP contribution in [0.3, 0.4) is 0 Å². The van der Waals surface area contributed by atoms with Crippen LogP contribution in [0.25, 0.3) is 0 Å². The Hall–Kier alpha value is -4.46. The molecule has 0 radical (unpaired) electrons. The number of aliphatic carboxylic acids is 1. The number of Topliss-reactive ketones (excluding diaryl/α,β-unsaturated/α-hetero) is 2. The number of ketones is 2. The number of esters is 1. The van der Waals surface area contributed by atoms with Crippen LogP contribution in [-0.4, -0.2) is 127 Å². The van der Waals surface area contributed by atoms with Gasteiger partial charge in [0.15, 0.2) is 5.78 Å². The van der Waals surface area contributed by atoms with Crippen molar-refractivity contribution in [3.05, 3.63) is 71.8 Å². The van der Waals surface area contributed by atoms with Crippen LogP contribution in [0.5, 0.6) is 0 Å². The van der Waals surface area contributed by atoms with E-state index < -0.39 is 60.0 Å². The Morgan fingerprint density at radius 3 is 1.95 bits per heavy atom. The van der Waals surface area contributed by atoms with Crippen LogP contribution >= 0.6 is 0 Å². The van der Waals surface area contributed by atoms with Gasteiger partial charge in [0.05, 0.1) is 42.7 Å². The largest absolute Gasteiger partial charge is 0.481 e. The Labute approximate surface area is 388 Å². The Morgan fingerprint density at radius 2 is 1.42 bits per heavy atom. The maximum atomic E-state index is 14.6. The number of benzene rings is 2. The molecular formula is C52H79N3O10. The van der Waals surface area contributed by atoms with Gasteiger partial charge in [-0.2, -0.15) is 0 Å². The summed E-state index contributed by atoms with van der Waals surface area (Å²) in [4.78, 5) is 87.3. The van der Waals surface area contributed by atoms with Gasteiger partial charge in [-0.15, -0.1) is 0 Å². The number of hydrogen-bond donors (Lipinski definition) is 1. The molecule has 362 valence electrons. The molecule has 0 aliphatic carbocycles. The van der Waals surface area contributed by atoms with Gasteiger partial charge in [-0.1, -0.05) is 116 Å². The van der Waals surface area contributed by atoms with Gasteiger partial charge < -0.3 is 29.1 Å². The molecule has 65 heavy (non-hydrogen) atoms. The summed E-state index contributed by atoms with van der Waals surface area (Å²) in [5, 5.41) is 9.15. The van der Waals surface area contributed by atoms with E-state index in [9.17, 15) is 28.8 Å². The van der Waals surface area contributed by atoms with E-state index in [2.05, 4.69) is 0 Å². The molecule has 13 nitrogen and oxygen atoms in total. The van der Waals surface area contributed by atoms with Crippen LogP contribution in [0.1, 0.15) is 111 Å². The number of carboxylic acid groups (broad SMARTS) is 1. The van der Waals surface area contributed by atoms with E-state index in [1.54, 1.807) is 38.0 Å². The van der Waals surface area contributed by atoms with Gasteiger partial charge in [-0.05, 0) is 68.2 Å². The van der Waals surface area contributed by atoms with Crippen molar-refractivity contribution in [2.45, 2.75) is 143 Å². The van der Waals surface area contributed by atoms with Crippen molar-refractivity contribution in [1.82, 2.24) is 14.7 Å². The number of ether oxygens (including phenoxy) is 3. The molecule has 0 aromatic heterocycles. The maximum absolute atomic E-state index is 14.6. The fraction of sp³-hybridized carbons (Fsp3) is 0.654. The van der Waals surface area contributed by atoms with Crippen molar-refractivity contribution in [2.75, 3.05) is 41.4 Å². The number of likely N-dealkylation sites (N-methyl/N-ethyl adjacent to an activating group) is 2. The minimum atomic E-state index is -0.882. The predicted molar refractivity (Wildman–Crippen MR) is 252 cm³/mol. The quantitative estimate of drug-likeness (QED) is 0.0805. The summed E-state index contributed by atoms with van der Waals surface area (Å²) < 4.78 is 17.9. The molecule has 1 aliphatic heterocycles. The predicted octanol–water partition coefficient (Wildman–Crippen LogP) is 7.52. The zero-order valence-corrected chi connectivity index (χ0v) is 41.1. The lowest BCUT2D eigenvalue weighted by molar-refractivity contribution is -0.152. The fourth-order valence-electron chi connectivity index (χ4n) is 9.71. The second kappa shape index (κ2) is 27.2. The van der Waals surface area contributed by atoms with Crippen LogP contribution in [0.2, 0.25) is 0 Å². The Balaban J connectivity index is 1.79. The third-order valence-corrected chi connectivity index (χ3v) is 13.6. The van der Waals surface area contributed by atoms with Gasteiger partial charge in [-0.3, -0.25) is 33.7 Å². The first-order valence-electron chi connectivity index (χ1n) is 23.7. The maximum Gasteiger partial charge on any atom is 0.310 e. The van der Waals surface area contributed by atoms with E-state index in [4.69, 9.17) is 19.3 Å². The summed E-state index contributed by atoms with van der Waals surface area (Å²) >= 11 is 0. The molecule has 13 heteroatoms. The molecule has 1 N–H and O–H groups in total. The van der Waals surface area contributed by atoms with E-state index in [1.165, 1.54) is 0 Å². The topological polar surface area (TPSA) is 160 Å². The van der Waals surface area contributed by atoms with Gasteiger partial charge >= 0.3 is 11.9 Å². The van der Waals surface area contributed by atoms with E-state index in [0.29, 0.717) is 38.8 Å². The first kappa shape index (κ1) is 54.9. The summed E-state index contributed by atoms with van der Waals surface area (Å²) in [6.07, 6.45) is 1.52. The number of methoxy groups -OCH3 is 2. The molecule has 0 unspecified atom stereocenters. The van der Waals surface area contributed by atoms with Gasteiger partial charge in [-0.25, -0.2) is 0 Å². The molecule has 3 rings (SSSR count). The number of amides is 2. The highest BCUT2D eigenvalue weighted by atomic mass is 16.5. The molecule has 1 aliphatic rings.